The predicted octanol–water partition coefficient (Wildman–Crippen LogP) is 1.35. The van der Waals surface area contributed by atoms with Crippen LogP contribution in [0.2, 0.25) is 0 Å². The second-order valence-corrected chi connectivity index (χ2v) is 5.42. The molecule has 84 valence electrons. The molecule has 0 saturated carbocycles. The number of rotatable bonds is 3. The topological polar surface area (TPSA) is 98.1 Å². The Labute approximate surface area is 101 Å². The van der Waals surface area contributed by atoms with E-state index in [4.69, 9.17) is 16.6 Å². The molecule has 0 radical (unpaired) electrons. The second-order valence-electron chi connectivity index (χ2n) is 2.98. The Morgan fingerprint density at radius 3 is 2.50 bits per heavy atom. The first-order valence-corrected chi connectivity index (χ1v) is 6.08. The van der Waals surface area contributed by atoms with E-state index in [2.05, 4.69) is 9.97 Å². The van der Waals surface area contributed by atoms with E-state index in [0.29, 0.717) is 16.8 Å². The predicted molar refractivity (Wildman–Crippen MR) is 65.2 cm³/mol. The number of aliphatic hydroxyl groups is 1. The van der Waals surface area contributed by atoms with Crippen LogP contribution in [0.5, 0.6) is 0 Å². The summed E-state index contributed by atoms with van der Waals surface area (Å²) in [6, 6.07) is 5.28. The average Bonchev–Trinajstić information content (AvgIpc) is 2.64. The third-order valence-electron chi connectivity index (χ3n) is 1.73. The molecule has 0 aliphatic rings. The van der Waals surface area contributed by atoms with Crippen molar-refractivity contribution >= 4 is 34.7 Å². The summed E-state index contributed by atoms with van der Waals surface area (Å²) in [5.41, 5.74) is 11.1. The van der Waals surface area contributed by atoms with Crippen molar-refractivity contribution in [3.8, 4) is 0 Å². The lowest BCUT2D eigenvalue weighted by atomic mass is 10.5. The van der Waals surface area contributed by atoms with E-state index in [1.54, 1.807) is 0 Å². The molecule has 2 heterocycles. The molecule has 0 aliphatic heterocycles. The van der Waals surface area contributed by atoms with Gasteiger partial charge in [-0.3, -0.25) is 0 Å². The van der Waals surface area contributed by atoms with Gasteiger partial charge in [0.15, 0.2) is 5.16 Å². The highest BCUT2D eigenvalue weighted by Crippen LogP contribution is 2.32. The van der Waals surface area contributed by atoms with Gasteiger partial charge in [-0.15, -0.1) is 11.3 Å². The lowest BCUT2D eigenvalue weighted by molar-refractivity contribution is 0.285. The lowest BCUT2D eigenvalue weighted by Gasteiger charge is -2.00. The summed E-state index contributed by atoms with van der Waals surface area (Å²) in [5, 5.41) is 9.45. The van der Waals surface area contributed by atoms with Crippen molar-refractivity contribution in [3.05, 3.63) is 23.1 Å². The normalized spacial score (nSPS) is 10.6. The Morgan fingerprint density at radius 2 is 1.94 bits per heavy atom. The minimum atomic E-state index is 0.0468. The zero-order valence-corrected chi connectivity index (χ0v) is 9.88. The largest absolute Gasteiger partial charge is 0.391 e. The van der Waals surface area contributed by atoms with Crippen molar-refractivity contribution in [2.45, 2.75) is 16.0 Å². The van der Waals surface area contributed by atoms with Gasteiger partial charge in [-0.05, 0) is 23.9 Å². The summed E-state index contributed by atoms with van der Waals surface area (Å²) in [6.45, 7) is 0.0468. The smallest absolute Gasteiger partial charge is 0.197 e. The van der Waals surface area contributed by atoms with Crippen molar-refractivity contribution in [1.29, 1.82) is 0 Å². The first-order chi connectivity index (χ1) is 7.67. The van der Waals surface area contributed by atoms with Gasteiger partial charge in [0.25, 0.3) is 0 Å². The van der Waals surface area contributed by atoms with Crippen LogP contribution >= 0.6 is 23.1 Å². The minimum Gasteiger partial charge on any atom is -0.391 e. The SMILES string of the molecule is Nc1cc(N)nc(Sc2ccc(CO)s2)n1. The number of aromatic nitrogens is 2. The van der Waals surface area contributed by atoms with Crippen LogP contribution in [-0.4, -0.2) is 15.1 Å². The zero-order valence-electron chi connectivity index (χ0n) is 8.25. The summed E-state index contributed by atoms with van der Waals surface area (Å²) >= 11 is 2.87. The Kier molecular flexibility index (Phi) is 3.28. The molecule has 16 heavy (non-hydrogen) atoms. The fraction of sp³-hybridized carbons (Fsp3) is 0.111. The van der Waals surface area contributed by atoms with Crippen molar-refractivity contribution in [2.24, 2.45) is 0 Å². The van der Waals surface area contributed by atoms with Gasteiger partial charge in [-0.1, -0.05) is 0 Å². The van der Waals surface area contributed by atoms with Gasteiger partial charge in [-0.25, -0.2) is 9.97 Å². The van der Waals surface area contributed by atoms with Crippen LogP contribution in [0.4, 0.5) is 11.6 Å². The third kappa shape index (κ3) is 2.63. The molecule has 0 aliphatic carbocycles. The average molecular weight is 254 g/mol. The molecule has 0 unspecified atom stereocenters. The second kappa shape index (κ2) is 4.69. The molecular weight excluding hydrogens is 244 g/mol. The molecule has 0 spiro atoms. The Balaban J connectivity index is 2.19. The van der Waals surface area contributed by atoms with Gasteiger partial charge in [-0.2, -0.15) is 0 Å². The maximum Gasteiger partial charge on any atom is 0.197 e. The summed E-state index contributed by atoms with van der Waals surface area (Å²) < 4.78 is 0.994. The Bertz CT molecular complexity index is 480. The quantitative estimate of drug-likeness (QED) is 0.715. The van der Waals surface area contributed by atoms with Gasteiger partial charge in [0.2, 0.25) is 0 Å². The maximum absolute atomic E-state index is 8.94. The molecule has 2 aromatic rings. The van der Waals surface area contributed by atoms with E-state index < -0.39 is 0 Å². The van der Waals surface area contributed by atoms with Crippen LogP contribution in [-0.2, 0) is 6.61 Å². The van der Waals surface area contributed by atoms with Gasteiger partial charge in [0.1, 0.15) is 11.6 Å². The van der Waals surface area contributed by atoms with E-state index in [1.165, 1.54) is 29.2 Å². The van der Waals surface area contributed by atoms with Crippen LogP contribution < -0.4 is 11.5 Å². The highest BCUT2D eigenvalue weighted by molar-refractivity contribution is 8.01. The highest BCUT2D eigenvalue weighted by Gasteiger charge is 2.05. The van der Waals surface area contributed by atoms with Crippen LogP contribution in [0.1, 0.15) is 4.88 Å². The zero-order chi connectivity index (χ0) is 11.5. The summed E-state index contributed by atoms with van der Waals surface area (Å²) in [4.78, 5) is 9.02. The van der Waals surface area contributed by atoms with E-state index in [9.17, 15) is 0 Å². The van der Waals surface area contributed by atoms with Crippen LogP contribution in [0.15, 0.2) is 27.6 Å². The molecule has 2 aromatic heterocycles. The molecule has 5 N–H and O–H groups in total. The molecule has 0 bridgehead atoms. The van der Waals surface area contributed by atoms with Crippen molar-refractivity contribution in [1.82, 2.24) is 9.97 Å². The molecular formula is C9H10N4OS2. The van der Waals surface area contributed by atoms with Gasteiger partial charge in [0.05, 0.1) is 10.8 Å². The van der Waals surface area contributed by atoms with Crippen molar-refractivity contribution < 1.29 is 5.11 Å². The van der Waals surface area contributed by atoms with Crippen molar-refractivity contribution in [3.63, 3.8) is 0 Å². The summed E-state index contributed by atoms with van der Waals surface area (Å²) in [5.74, 6) is 0.711. The number of thiophene rings is 1. The molecule has 0 atom stereocenters. The minimum absolute atomic E-state index is 0.0468. The molecule has 0 saturated heterocycles. The Hall–Kier alpha value is -1.31. The number of nitrogens with zero attached hydrogens (tertiary/aromatic N) is 2. The van der Waals surface area contributed by atoms with Crippen LogP contribution in [0, 0.1) is 0 Å². The number of anilines is 2. The van der Waals surface area contributed by atoms with E-state index >= 15 is 0 Å². The van der Waals surface area contributed by atoms with Gasteiger partial charge < -0.3 is 16.6 Å². The van der Waals surface area contributed by atoms with Crippen LogP contribution in [0.3, 0.4) is 0 Å². The number of aliphatic hydroxyl groups excluding tert-OH is 1. The van der Waals surface area contributed by atoms with E-state index in [-0.39, 0.29) is 6.61 Å². The number of nitrogen functional groups attached to an aromatic ring is 2. The molecule has 2 rings (SSSR count). The molecule has 0 aromatic carbocycles. The lowest BCUT2D eigenvalue weighted by Crippen LogP contribution is -1.98. The molecule has 0 amide bonds. The standard InChI is InChI=1S/C9H10N4OS2/c10-6-3-7(11)13-9(12-6)16-8-2-1-5(4-14)15-8/h1-3,14H,4H2,(H4,10,11,12,13). The first kappa shape index (κ1) is 11.2. The molecule has 0 fully saturated rings. The van der Waals surface area contributed by atoms with Gasteiger partial charge in [0, 0.05) is 10.9 Å². The highest BCUT2D eigenvalue weighted by atomic mass is 32.2. The number of hydrogen-bond acceptors (Lipinski definition) is 7. The molecule has 5 nitrogen and oxygen atoms in total. The number of nitrogens with two attached hydrogens (primary N) is 2. The first-order valence-electron chi connectivity index (χ1n) is 4.45. The monoisotopic (exact) mass is 254 g/mol. The Morgan fingerprint density at radius 1 is 1.25 bits per heavy atom. The third-order valence-corrected chi connectivity index (χ3v) is 3.80. The van der Waals surface area contributed by atoms with Gasteiger partial charge >= 0.3 is 0 Å². The maximum atomic E-state index is 8.94. The summed E-state index contributed by atoms with van der Waals surface area (Å²) in [6.07, 6.45) is 0. The van der Waals surface area contributed by atoms with Crippen molar-refractivity contribution in [2.75, 3.05) is 11.5 Å². The fourth-order valence-corrected chi connectivity index (χ4v) is 3.02. The van der Waals surface area contributed by atoms with Crippen LogP contribution in [0.25, 0.3) is 0 Å². The fourth-order valence-electron chi connectivity index (χ4n) is 1.10. The van der Waals surface area contributed by atoms with E-state index in [0.717, 1.165) is 9.09 Å². The van der Waals surface area contributed by atoms with E-state index in [1.807, 2.05) is 12.1 Å². The number of hydrogen-bond donors (Lipinski definition) is 3. The summed E-state index contributed by atoms with van der Waals surface area (Å²) in [7, 11) is 0. The molecule has 7 heteroatoms.